The first-order chi connectivity index (χ1) is 29.8. The monoisotopic (exact) mass is 826 g/mol. The van der Waals surface area contributed by atoms with E-state index < -0.39 is 15.1 Å². The Labute approximate surface area is 370 Å². The lowest BCUT2D eigenvalue weighted by molar-refractivity contribution is 0.311. The third-order valence-corrected chi connectivity index (χ3v) is 13.0. The van der Waals surface area contributed by atoms with Crippen LogP contribution in [0.25, 0.3) is 66.0 Å². The lowest BCUT2D eigenvalue weighted by Crippen LogP contribution is -2.37. The van der Waals surface area contributed by atoms with E-state index >= 15 is 0 Å². The van der Waals surface area contributed by atoms with Gasteiger partial charge in [-0.05, 0) is 123 Å². The maximum absolute atomic E-state index is 6.99. The number of para-hydroxylation sites is 2. The molecule has 0 spiro atoms. The molecule has 9 rings (SSSR count). The molecule has 0 amide bonds. The second-order valence-corrected chi connectivity index (χ2v) is 19.6. The predicted molar refractivity (Wildman–Crippen MR) is 258 cm³/mol. The Morgan fingerprint density at radius 2 is 0.839 bits per heavy atom. The van der Waals surface area contributed by atoms with Crippen molar-refractivity contribution in [3.63, 3.8) is 0 Å². The molecule has 0 bridgehead atoms. The van der Waals surface area contributed by atoms with Gasteiger partial charge in [-0.2, -0.15) is 0 Å². The molecule has 9 aromatic rings. The number of hydrogen-bond donors (Lipinski definition) is 0. The highest BCUT2D eigenvalue weighted by Crippen LogP contribution is 2.40. The van der Waals surface area contributed by atoms with Gasteiger partial charge in [-0.1, -0.05) is 157 Å². The van der Waals surface area contributed by atoms with E-state index in [-0.39, 0.29) is 10.8 Å². The quantitative estimate of drug-likeness (QED) is 0.136. The van der Waals surface area contributed by atoms with Crippen LogP contribution in [-0.2, 0) is 10.8 Å². The number of hydrogen-bond acceptors (Lipinski definition) is 5. The Balaban J connectivity index is 1.15. The van der Waals surface area contributed by atoms with Crippen molar-refractivity contribution in [1.82, 2.24) is 9.97 Å². The van der Waals surface area contributed by atoms with E-state index in [1.165, 1.54) is 22.3 Å². The number of aromatic nitrogens is 2. The average Bonchev–Trinajstić information content (AvgIpc) is 3.26. The molecular formula is C56H51AlN2O3. The second-order valence-electron chi connectivity index (χ2n) is 18.3. The highest BCUT2D eigenvalue weighted by atomic mass is 27.3. The summed E-state index contributed by atoms with van der Waals surface area (Å²) in [7, 11) is 0. The van der Waals surface area contributed by atoms with Crippen LogP contribution in [0, 0.1) is 13.8 Å². The van der Waals surface area contributed by atoms with Gasteiger partial charge in [-0.3, -0.25) is 0 Å². The van der Waals surface area contributed by atoms with E-state index in [4.69, 9.17) is 21.3 Å². The van der Waals surface area contributed by atoms with Gasteiger partial charge < -0.3 is 11.4 Å². The molecule has 2 aromatic heterocycles. The number of nitrogens with zero attached hydrogens (tertiary/aromatic N) is 2. The van der Waals surface area contributed by atoms with Crippen molar-refractivity contribution in [2.75, 3.05) is 0 Å². The minimum Gasteiger partial charge on any atom is -0.577 e. The fourth-order valence-corrected chi connectivity index (χ4v) is 9.43. The molecule has 7 aromatic carbocycles. The first-order valence-corrected chi connectivity index (χ1v) is 22.8. The van der Waals surface area contributed by atoms with Crippen LogP contribution < -0.4 is 11.4 Å². The molecule has 0 aliphatic rings. The predicted octanol–water partition coefficient (Wildman–Crippen LogP) is 14.7. The van der Waals surface area contributed by atoms with Crippen molar-refractivity contribution in [2.24, 2.45) is 0 Å². The molecule has 306 valence electrons. The Hall–Kier alpha value is -6.45. The smallest absolute Gasteiger partial charge is 0.577 e. The van der Waals surface area contributed by atoms with Crippen LogP contribution in [-0.4, -0.2) is 25.1 Å². The molecule has 6 heteroatoms. The zero-order chi connectivity index (χ0) is 43.2. The van der Waals surface area contributed by atoms with Crippen molar-refractivity contribution in [1.29, 1.82) is 0 Å². The molecule has 0 radical (unpaired) electrons. The van der Waals surface area contributed by atoms with E-state index in [1.807, 2.05) is 62.4 Å². The Bertz CT molecular complexity index is 2930. The number of rotatable bonds is 9. The Kier molecular flexibility index (Phi) is 10.9. The number of benzene rings is 7. The maximum Gasteiger partial charge on any atom is 1.20 e. The first-order valence-electron chi connectivity index (χ1n) is 21.4. The largest absolute Gasteiger partial charge is 1.20 e. The Morgan fingerprint density at radius 1 is 0.387 bits per heavy atom. The molecule has 0 saturated heterocycles. The van der Waals surface area contributed by atoms with E-state index in [0.717, 1.165) is 66.2 Å². The van der Waals surface area contributed by atoms with Gasteiger partial charge in [-0.15, -0.1) is 0 Å². The van der Waals surface area contributed by atoms with Crippen molar-refractivity contribution in [2.45, 2.75) is 66.2 Å². The summed E-state index contributed by atoms with van der Waals surface area (Å²) in [5, 5.41) is 3.99. The van der Waals surface area contributed by atoms with Crippen LogP contribution in [0.1, 0.15) is 64.1 Å². The van der Waals surface area contributed by atoms with Gasteiger partial charge in [0, 0.05) is 27.5 Å². The highest BCUT2D eigenvalue weighted by molar-refractivity contribution is 6.40. The summed E-state index contributed by atoms with van der Waals surface area (Å²) in [6.45, 7) is 17.5. The van der Waals surface area contributed by atoms with Crippen molar-refractivity contribution in [3.8, 4) is 50.6 Å². The molecule has 0 unspecified atom stereocenters. The van der Waals surface area contributed by atoms with Gasteiger partial charge in [0.15, 0.2) is 0 Å². The normalized spacial score (nSPS) is 11.9. The molecule has 0 fully saturated rings. The van der Waals surface area contributed by atoms with Gasteiger partial charge in [0.25, 0.3) is 0 Å². The van der Waals surface area contributed by atoms with Crippen LogP contribution in [0.4, 0.5) is 0 Å². The van der Waals surface area contributed by atoms with Crippen molar-refractivity contribution in [3.05, 3.63) is 186 Å². The zero-order valence-electron chi connectivity index (χ0n) is 36.8. The first kappa shape index (κ1) is 40.9. The molecule has 0 saturated carbocycles. The topological polar surface area (TPSA) is 53.5 Å². The average molecular weight is 827 g/mol. The van der Waals surface area contributed by atoms with Crippen molar-refractivity contribution >= 4 is 47.7 Å². The summed E-state index contributed by atoms with van der Waals surface area (Å²) in [6.07, 6.45) is 0. The Morgan fingerprint density at radius 3 is 1.32 bits per heavy atom. The van der Waals surface area contributed by atoms with Crippen LogP contribution in [0.15, 0.2) is 164 Å². The fourth-order valence-electron chi connectivity index (χ4n) is 8.08. The molecule has 0 aliphatic heterocycles. The summed E-state index contributed by atoms with van der Waals surface area (Å²) in [5.41, 5.74) is 13.0. The fraction of sp³-hybridized carbons (Fsp3) is 0.179. The summed E-state index contributed by atoms with van der Waals surface area (Å²) in [5.74, 6) is 1.91. The summed E-state index contributed by atoms with van der Waals surface area (Å²) >= 11 is -3.07. The van der Waals surface area contributed by atoms with Crippen molar-refractivity contribution < 1.29 is 11.4 Å². The third kappa shape index (κ3) is 8.55. The molecular weight excluding hydrogens is 776 g/mol. The van der Waals surface area contributed by atoms with Crippen LogP contribution in [0.2, 0.25) is 0 Å². The van der Waals surface area contributed by atoms with E-state index in [9.17, 15) is 0 Å². The van der Waals surface area contributed by atoms with Gasteiger partial charge in [-0.25, -0.2) is 9.97 Å². The minimum atomic E-state index is -3.07. The molecule has 0 N–H and O–H groups in total. The molecule has 62 heavy (non-hydrogen) atoms. The molecule has 5 nitrogen and oxygen atoms in total. The number of aryl methyl sites for hydroxylation is 2. The van der Waals surface area contributed by atoms with E-state index in [0.29, 0.717) is 17.2 Å². The lowest BCUT2D eigenvalue weighted by atomic mass is 9.85. The second kappa shape index (κ2) is 16.4. The number of pyridine rings is 2. The van der Waals surface area contributed by atoms with Gasteiger partial charge in [0.2, 0.25) is 0 Å². The summed E-state index contributed by atoms with van der Waals surface area (Å²) in [6, 6.07) is 57.7. The zero-order valence-corrected chi connectivity index (χ0v) is 37.9. The van der Waals surface area contributed by atoms with E-state index in [2.05, 4.69) is 157 Å². The SMILES string of the molecule is Cc1ccc2cccc([O][Al]([O]c3ccc(-c4cc(-c5ccc(C(C)(C)C)cc5)cc(-c5ccc(C(C)(C)C)cc5)c4)c4ccccc34)[O]c3cccc4ccc(C)nc34)c2n1. The summed E-state index contributed by atoms with van der Waals surface area (Å²) < 4.78 is 20.6. The van der Waals surface area contributed by atoms with Crippen LogP contribution in [0.3, 0.4) is 0 Å². The minimum absolute atomic E-state index is 0.0661. The highest BCUT2D eigenvalue weighted by Gasteiger charge is 2.46. The summed E-state index contributed by atoms with van der Waals surface area (Å²) in [4.78, 5) is 9.72. The lowest BCUT2D eigenvalue weighted by Gasteiger charge is -2.21. The van der Waals surface area contributed by atoms with Gasteiger partial charge in [0.1, 0.15) is 22.5 Å². The molecule has 2 heterocycles. The molecule has 0 aliphatic carbocycles. The van der Waals surface area contributed by atoms with Crippen LogP contribution in [0.5, 0.6) is 17.2 Å². The van der Waals surface area contributed by atoms with E-state index in [1.54, 1.807) is 0 Å². The third-order valence-electron chi connectivity index (χ3n) is 11.6. The van der Waals surface area contributed by atoms with Crippen LogP contribution >= 0.6 is 0 Å². The van der Waals surface area contributed by atoms with Gasteiger partial charge >= 0.3 is 15.1 Å². The van der Waals surface area contributed by atoms with Gasteiger partial charge in [0.05, 0.1) is 5.75 Å². The molecule has 0 atom stereocenters. The standard InChI is InChI=1S/C36H36O.2C10H9NO.Al/c1-35(2,3)29-15-11-24(12-16-29)26-21-27(25-13-17-30(18-14-25)36(4,5)6)23-28(22-26)31-19-20-34(37)33-10-8-7-9-32(31)33;2*1-7-5-6-8-3-2-4-9(12)10(8)11-7;/h7-23,37H,1-6H3;2*2-6,12H,1H3;/q;;;+3/p-3. The maximum atomic E-state index is 6.99. The number of fused-ring (bicyclic) bond motifs is 3.